The number of benzene rings is 1. The summed E-state index contributed by atoms with van der Waals surface area (Å²) in [4.78, 5) is 17.0. The molecule has 0 saturated carbocycles. The zero-order valence-corrected chi connectivity index (χ0v) is 13.8. The van der Waals surface area contributed by atoms with Gasteiger partial charge < -0.3 is 9.80 Å². The van der Waals surface area contributed by atoms with E-state index in [1.54, 1.807) is 0 Å². The minimum Gasteiger partial charge on any atom is -0.339 e. The van der Waals surface area contributed by atoms with Gasteiger partial charge in [0.1, 0.15) is 0 Å². The molecule has 0 bridgehead atoms. The average molecular weight is 288 g/mol. The first-order valence-electron chi connectivity index (χ1n) is 8.13. The predicted molar refractivity (Wildman–Crippen MR) is 87.6 cm³/mol. The molecule has 116 valence electrons. The molecule has 0 unspecified atom stereocenters. The van der Waals surface area contributed by atoms with Gasteiger partial charge in [0.25, 0.3) is 5.91 Å². The lowest BCUT2D eigenvalue weighted by atomic mass is 10.0. The first-order valence-corrected chi connectivity index (χ1v) is 8.13. The van der Waals surface area contributed by atoms with E-state index >= 15 is 0 Å². The molecule has 21 heavy (non-hydrogen) atoms. The molecule has 0 aliphatic carbocycles. The van der Waals surface area contributed by atoms with Crippen molar-refractivity contribution in [2.24, 2.45) is 0 Å². The second kappa shape index (κ2) is 7.08. The van der Waals surface area contributed by atoms with Crippen LogP contribution in [-0.4, -0.2) is 47.9 Å². The largest absolute Gasteiger partial charge is 0.339 e. The van der Waals surface area contributed by atoms with Crippen LogP contribution in [0.25, 0.3) is 0 Å². The van der Waals surface area contributed by atoms with Crippen LogP contribution in [0.1, 0.15) is 49.5 Å². The number of piperidine rings is 1. The van der Waals surface area contributed by atoms with Crippen molar-refractivity contribution < 1.29 is 4.79 Å². The zero-order valence-electron chi connectivity index (χ0n) is 13.8. The molecule has 2 rings (SSSR count). The van der Waals surface area contributed by atoms with Gasteiger partial charge in [-0.05, 0) is 50.8 Å². The molecule has 1 fully saturated rings. The van der Waals surface area contributed by atoms with Crippen molar-refractivity contribution in [1.29, 1.82) is 0 Å². The van der Waals surface area contributed by atoms with Crippen molar-refractivity contribution in [1.82, 2.24) is 9.80 Å². The number of carbonyl (C=O) groups is 1. The summed E-state index contributed by atoms with van der Waals surface area (Å²) in [7, 11) is 1.95. The molecular weight excluding hydrogens is 260 g/mol. The maximum Gasteiger partial charge on any atom is 0.253 e. The molecule has 0 aromatic heterocycles. The average Bonchev–Trinajstić information content (AvgIpc) is 2.53. The zero-order chi connectivity index (χ0) is 15.4. The van der Waals surface area contributed by atoms with Crippen molar-refractivity contribution in [2.45, 2.75) is 52.1 Å². The number of carbonyl (C=O) groups excluding carboxylic acids is 1. The van der Waals surface area contributed by atoms with E-state index in [9.17, 15) is 4.79 Å². The van der Waals surface area contributed by atoms with Gasteiger partial charge in [-0.25, -0.2) is 0 Å². The van der Waals surface area contributed by atoms with Gasteiger partial charge in [-0.3, -0.25) is 4.79 Å². The van der Waals surface area contributed by atoms with E-state index in [-0.39, 0.29) is 5.91 Å². The van der Waals surface area contributed by atoms with Gasteiger partial charge in [-0.1, -0.05) is 19.1 Å². The second-order valence-corrected chi connectivity index (χ2v) is 6.33. The molecule has 3 nitrogen and oxygen atoms in total. The minimum atomic E-state index is 0.153. The Balaban J connectivity index is 1.96. The van der Waals surface area contributed by atoms with Crippen molar-refractivity contribution >= 4 is 5.91 Å². The quantitative estimate of drug-likeness (QED) is 0.849. The van der Waals surface area contributed by atoms with Crippen LogP contribution in [0, 0.1) is 0 Å². The molecule has 1 amide bonds. The van der Waals surface area contributed by atoms with Crippen LogP contribution in [-0.2, 0) is 6.42 Å². The summed E-state index contributed by atoms with van der Waals surface area (Å²) in [6.45, 7) is 8.80. The first kappa shape index (κ1) is 16.0. The van der Waals surface area contributed by atoms with E-state index in [4.69, 9.17) is 0 Å². The molecular formula is C18H28N2O. The predicted octanol–water partition coefficient (Wildman–Crippen LogP) is 3.19. The monoisotopic (exact) mass is 288 g/mol. The Labute approximate surface area is 128 Å². The Morgan fingerprint density at radius 1 is 1.24 bits per heavy atom. The van der Waals surface area contributed by atoms with Crippen LogP contribution in [0.3, 0.4) is 0 Å². The van der Waals surface area contributed by atoms with Crippen LogP contribution < -0.4 is 0 Å². The SMILES string of the molecule is CCc1ccc(C(=O)N(C)C2CCN(C(C)C)CC2)cc1. The Morgan fingerprint density at radius 2 is 1.81 bits per heavy atom. The summed E-state index contributed by atoms with van der Waals surface area (Å²) in [5.74, 6) is 0.153. The summed E-state index contributed by atoms with van der Waals surface area (Å²) in [6, 6.07) is 9.01. The molecule has 1 aliphatic rings. The minimum absolute atomic E-state index is 0.153. The summed E-state index contributed by atoms with van der Waals surface area (Å²) in [5, 5.41) is 0. The van der Waals surface area contributed by atoms with Crippen molar-refractivity contribution in [2.75, 3.05) is 20.1 Å². The third-order valence-corrected chi connectivity index (χ3v) is 4.71. The lowest BCUT2D eigenvalue weighted by Crippen LogP contribution is -2.47. The third kappa shape index (κ3) is 3.85. The van der Waals surface area contributed by atoms with Gasteiger partial charge in [0.05, 0.1) is 0 Å². The van der Waals surface area contributed by atoms with Crippen LogP contribution in [0.4, 0.5) is 0 Å². The van der Waals surface area contributed by atoms with Gasteiger partial charge in [-0.15, -0.1) is 0 Å². The number of amides is 1. The molecule has 0 radical (unpaired) electrons. The topological polar surface area (TPSA) is 23.6 Å². The molecule has 1 heterocycles. The fourth-order valence-electron chi connectivity index (χ4n) is 3.04. The Bertz CT molecular complexity index is 459. The van der Waals surface area contributed by atoms with Crippen LogP contribution in [0.5, 0.6) is 0 Å². The number of rotatable bonds is 4. The maximum atomic E-state index is 12.6. The summed E-state index contributed by atoms with van der Waals surface area (Å²) in [6.07, 6.45) is 3.17. The third-order valence-electron chi connectivity index (χ3n) is 4.71. The summed E-state index contributed by atoms with van der Waals surface area (Å²) < 4.78 is 0. The summed E-state index contributed by atoms with van der Waals surface area (Å²) >= 11 is 0. The fraction of sp³-hybridized carbons (Fsp3) is 0.611. The highest BCUT2D eigenvalue weighted by Gasteiger charge is 2.26. The second-order valence-electron chi connectivity index (χ2n) is 6.33. The highest BCUT2D eigenvalue weighted by atomic mass is 16.2. The van der Waals surface area contributed by atoms with E-state index in [1.807, 2.05) is 24.1 Å². The number of hydrogen-bond donors (Lipinski definition) is 0. The standard InChI is InChI=1S/C18H28N2O/c1-5-15-6-8-16(9-7-15)18(21)19(4)17-10-12-20(13-11-17)14(2)3/h6-9,14,17H,5,10-13H2,1-4H3. The lowest BCUT2D eigenvalue weighted by molar-refractivity contribution is 0.0615. The Hall–Kier alpha value is -1.35. The van der Waals surface area contributed by atoms with Crippen molar-refractivity contribution in [3.05, 3.63) is 35.4 Å². The molecule has 1 aromatic rings. The van der Waals surface area contributed by atoms with Crippen LogP contribution in [0.2, 0.25) is 0 Å². The van der Waals surface area contributed by atoms with E-state index in [1.165, 1.54) is 5.56 Å². The van der Waals surface area contributed by atoms with E-state index in [0.29, 0.717) is 12.1 Å². The molecule has 3 heteroatoms. The highest BCUT2D eigenvalue weighted by Crippen LogP contribution is 2.19. The van der Waals surface area contributed by atoms with E-state index < -0.39 is 0 Å². The van der Waals surface area contributed by atoms with Crippen molar-refractivity contribution in [3.8, 4) is 0 Å². The van der Waals surface area contributed by atoms with Gasteiger partial charge in [0.15, 0.2) is 0 Å². The fourth-order valence-corrected chi connectivity index (χ4v) is 3.04. The van der Waals surface area contributed by atoms with Gasteiger partial charge in [-0.2, -0.15) is 0 Å². The number of aryl methyl sites for hydroxylation is 1. The van der Waals surface area contributed by atoms with Crippen molar-refractivity contribution in [3.63, 3.8) is 0 Å². The normalized spacial score (nSPS) is 17.2. The first-order chi connectivity index (χ1) is 10.0. The molecule has 1 aliphatic heterocycles. The van der Waals surface area contributed by atoms with E-state index in [2.05, 4.69) is 37.8 Å². The molecule has 0 spiro atoms. The smallest absolute Gasteiger partial charge is 0.253 e. The number of nitrogens with zero attached hydrogens (tertiary/aromatic N) is 2. The molecule has 0 atom stereocenters. The molecule has 1 aromatic carbocycles. The van der Waals surface area contributed by atoms with Gasteiger partial charge in [0.2, 0.25) is 0 Å². The van der Waals surface area contributed by atoms with Gasteiger partial charge in [0, 0.05) is 37.8 Å². The lowest BCUT2D eigenvalue weighted by Gasteiger charge is -2.38. The Kier molecular flexibility index (Phi) is 5.40. The summed E-state index contributed by atoms with van der Waals surface area (Å²) in [5.41, 5.74) is 2.08. The number of hydrogen-bond acceptors (Lipinski definition) is 2. The highest BCUT2D eigenvalue weighted by molar-refractivity contribution is 5.94. The molecule has 0 N–H and O–H groups in total. The van der Waals surface area contributed by atoms with E-state index in [0.717, 1.165) is 37.9 Å². The molecule has 1 saturated heterocycles. The Morgan fingerprint density at radius 3 is 2.29 bits per heavy atom. The van der Waals surface area contributed by atoms with Crippen LogP contribution >= 0.6 is 0 Å². The van der Waals surface area contributed by atoms with Gasteiger partial charge >= 0.3 is 0 Å². The number of likely N-dealkylation sites (tertiary alicyclic amines) is 1. The maximum absolute atomic E-state index is 12.6. The van der Waals surface area contributed by atoms with Crippen LogP contribution in [0.15, 0.2) is 24.3 Å².